The van der Waals surface area contributed by atoms with E-state index in [-0.39, 0.29) is 11.8 Å². The van der Waals surface area contributed by atoms with Gasteiger partial charge in [-0.2, -0.15) is 0 Å². The number of nitrogens with one attached hydrogen (secondary N) is 1. The molecular weight excluding hydrogens is 322 g/mol. The van der Waals surface area contributed by atoms with Gasteiger partial charge in [0, 0.05) is 25.2 Å². The van der Waals surface area contributed by atoms with Crippen molar-refractivity contribution in [1.82, 2.24) is 15.2 Å². The van der Waals surface area contributed by atoms with Crippen LogP contribution in [0.4, 0.5) is 10.9 Å². The van der Waals surface area contributed by atoms with Crippen LogP contribution in [0.3, 0.4) is 0 Å². The molecule has 1 aliphatic rings. The van der Waals surface area contributed by atoms with Crippen molar-refractivity contribution in [2.45, 2.75) is 19.8 Å². The van der Waals surface area contributed by atoms with Gasteiger partial charge >= 0.3 is 0 Å². The summed E-state index contributed by atoms with van der Waals surface area (Å²) < 4.78 is 0. The Morgan fingerprint density at radius 1 is 1.36 bits per heavy atom. The summed E-state index contributed by atoms with van der Waals surface area (Å²) >= 11 is 7.24. The van der Waals surface area contributed by atoms with Gasteiger partial charge in [0.25, 0.3) is 0 Å². The largest absolute Gasteiger partial charge is 0.357 e. The number of nitrogens with zero attached hydrogens (tertiary/aromatic N) is 4. The van der Waals surface area contributed by atoms with Crippen molar-refractivity contribution in [3.8, 4) is 0 Å². The van der Waals surface area contributed by atoms with Gasteiger partial charge in [0.15, 0.2) is 0 Å². The Kier molecular flexibility index (Phi) is 4.54. The maximum Gasteiger partial charge on any atom is 0.229 e. The number of aromatic nitrogens is 3. The molecule has 0 saturated carbocycles. The Balaban J connectivity index is 1.54. The minimum Gasteiger partial charge on any atom is -0.357 e. The topological polar surface area (TPSA) is 71.0 Å². The van der Waals surface area contributed by atoms with E-state index in [1.54, 1.807) is 6.20 Å². The number of carbonyl (C=O) groups excluding carboxylic acids is 1. The third-order valence-corrected chi connectivity index (χ3v) is 4.64. The molecule has 0 atom stereocenters. The second-order valence-electron chi connectivity index (χ2n) is 5.21. The van der Waals surface area contributed by atoms with Gasteiger partial charge in [-0.25, -0.2) is 4.98 Å². The monoisotopic (exact) mass is 337 g/mol. The number of aryl methyl sites for hydroxylation is 1. The number of hydrogen-bond donors (Lipinski definition) is 1. The maximum atomic E-state index is 12.2. The summed E-state index contributed by atoms with van der Waals surface area (Å²) in [4.78, 5) is 18.7. The summed E-state index contributed by atoms with van der Waals surface area (Å²) in [6.45, 7) is 3.48. The smallest absolute Gasteiger partial charge is 0.229 e. The van der Waals surface area contributed by atoms with Crippen molar-refractivity contribution < 1.29 is 4.79 Å². The molecule has 0 spiro atoms. The fourth-order valence-electron chi connectivity index (χ4n) is 2.48. The van der Waals surface area contributed by atoms with Gasteiger partial charge in [-0.1, -0.05) is 22.9 Å². The van der Waals surface area contributed by atoms with Gasteiger partial charge in [0.2, 0.25) is 11.0 Å². The van der Waals surface area contributed by atoms with E-state index in [1.807, 2.05) is 19.1 Å². The lowest BCUT2D eigenvalue weighted by Gasteiger charge is -2.31. The maximum absolute atomic E-state index is 12.2. The van der Waals surface area contributed by atoms with Crippen LogP contribution in [0.15, 0.2) is 18.3 Å². The molecule has 1 amide bonds. The zero-order valence-electron chi connectivity index (χ0n) is 12.1. The van der Waals surface area contributed by atoms with E-state index >= 15 is 0 Å². The molecule has 6 nitrogen and oxygen atoms in total. The van der Waals surface area contributed by atoms with Crippen LogP contribution < -0.4 is 10.2 Å². The molecule has 22 heavy (non-hydrogen) atoms. The van der Waals surface area contributed by atoms with Crippen LogP contribution in [-0.4, -0.2) is 34.2 Å². The van der Waals surface area contributed by atoms with E-state index in [9.17, 15) is 4.79 Å². The first kappa shape index (κ1) is 15.2. The Morgan fingerprint density at radius 2 is 2.14 bits per heavy atom. The highest BCUT2D eigenvalue weighted by Gasteiger charge is 2.26. The van der Waals surface area contributed by atoms with E-state index in [0.717, 1.165) is 36.8 Å². The highest BCUT2D eigenvalue weighted by molar-refractivity contribution is 7.15. The van der Waals surface area contributed by atoms with Crippen molar-refractivity contribution >= 4 is 39.8 Å². The van der Waals surface area contributed by atoms with Crippen molar-refractivity contribution in [3.05, 3.63) is 28.4 Å². The van der Waals surface area contributed by atoms with Gasteiger partial charge < -0.3 is 10.2 Å². The van der Waals surface area contributed by atoms with Gasteiger partial charge in [0.1, 0.15) is 10.8 Å². The van der Waals surface area contributed by atoms with E-state index in [4.69, 9.17) is 11.6 Å². The number of halogens is 1. The minimum atomic E-state index is 0.00718. The predicted molar refractivity (Wildman–Crippen MR) is 87.5 cm³/mol. The molecule has 116 valence electrons. The van der Waals surface area contributed by atoms with E-state index in [2.05, 4.69) is 25.4 Å². The molecule has 0 aromatic carbocycles. The Bertz CT molecular complexity index is 652. The first-order valence-corrected chi connectivity index (χ1v) is 8.29. The van der Waals surface area contributed by atoms with Crippen LogP contribution in [0, 0.1) is 12.8 Å². The summed E-state index contributed by atoms with van der Waals surface area (Å²) in [5.41, 5.74) is 0. The fourth-order valence-corrected chi connectivity index (χ4v) is 3.19. The molecule has 8 heteroatoms. The molecule has 2 aromatic rings. The highest BCUT2D eigenvalue weighted by Crippen LogP contribution is 2.24. The highest BCUT2D eigenvalue weighted by atomic mass is 35.5. The summed E-state index contributed by atoms with van der Waals surface area (Å²) in [5.74, 6) is 0.940. The SMILES string of the molecule is Cc1nnc(NC(=O)C2CCN(c3ccc(Cl)cn3)CC2)s1. The summed E-state index contributed by atoms with van der Waals surface area (Å²) in [6.07, 6.45) is 3.25. The molecule has 0 unspecified atom stereocenters. The molecule has 0 aliphatic carbocycles. The zero-order chi connectivity index (χ0) is 15.5. The van der Waals surface area contributed by atoms with E-state index < -0.39 is 0 Å². The lowest BCUT2D eigenvalue weighted by atomic mass is 9.96. The lowest BCUT2D eigenvalue weighted by Crippen LogP contribution is -2.38. The molecule has 1 saturated heterocycles. The second-order valence-corrected chi connectivity index (χ2v) is 6.83. The first-order chi connectivity index (χ1) is 10.6. The number of amides is 1. The number of carbonyl (C=O) groups is 1. The predicted octanol–water partition coefficient (Wildman–Crippen LogP) is 2.75. The van der Waals surface area contributed by atoms with Crippen LogP contribution in [-0.2, 0) is 4.79 Å². The molecule has 0 radical (unpaired) electrons. The normalized spacial score (nSPS) is 15.8. The molecular formula is C14H16ClN5OS. The summed E-state index contributed by atoms with van der Waals surface area (Å²) in [6, 6.07) is 3.74. The van der Waals surface area contributed by atoms with Crippen LogP contribution >= 0.6 is 22.9 Å². The molecule has 3 heterocycles. The average Bonchev–Trinajstić information content (AvgIpc) is 2.93. The lowest BCUT2D eigenvalue weighted by molar-refractivity contribution is -0.120. The Morgan fingerprint density at radius 3 is 2.73 bits per heavy atom. The van der Waals surface area contributed by atoms with E-state index in [1.165, 1.54) is 11.3 Å². The minimum absolute atomic E-state index is 0.00718. The van der Waals surface area contributed by atoms with Gasteiger partial charge in [-0.05, 0) is 31.9 Å². The van der Waals surface area contributed by atoms with Crippen LogP contribution in [0.1, 0.15) is 17.8 Å². The zero-order valence-corrected chi connectivity index (χ0v) is 13.7. The Hall–Kier alpha value is -1.73. The average molecular weight is 338 g/mol. The number of rotatable bonds is 3. The molecule has 1 N–H and O–H groups in total. The van der Waals surface area contributed by atoms with Crippen LogP contribution in [0.5, 0.6) is 0 Å². The fraction of sp³-hybridized carbons (Fsp3) is 0.429. The van der Waals surface area contributed by atoms with Crippen molar-refractivity contribution in [2.75, 3.05) is 23.3 Å². The summed E-state index contributed by atoms with van der Waals surface area (Å²) in [5, 5.41) is 12.7. The van der Waals surface area contributed by atoms with Gasteiger partial charge in [-0.3, -0.25) is 4.79 Å². The first-order valence-electron chi connectivity index (χ1n) is 7.09. The number of pyridine rings is 1. The van der Waals surface area contributed by atoms with Gasteiger partial charge in [0.05, 0.1) is 5.02 Å². The summed E-state index contributed by atoms with van der Waals surface area (Å²) in [7, 11) is 0. The molecule has 1 fully saturated rings. The standard InChI is InChI=1S/C14H16ClN5OS/c1-9-18-19-14(22-9)17-13(21)10-4-6-20(7-5-10)12-3-2-11(15)8-16-12/h2-3,8,10H,4-7H2,1H3,(H,17,19,21). The second kappa shape index (κ2) is 6.58. The Labute approximate surface area is 137 Å². The number of anilines is 2. The van der Waals surface area contributed by atoms with Crippen molar-refractivity contribution in [3.63, 3.8) is 0 Å². The quantitative estimate of drug-likeness (QED) is 0.932. The van der Waals surface area contributed by atoms with Crippen LogP contribution in [0.2, 0.25) is 5.02 Å². The van der Waals surface area contributed by atoms with Crippen molar-refractivity contribution in [2.24, 2.45) is 5.92 Å². The number of hydrogen-bond acceptors (Lipinski definition) is 6. The molecule has 2 aromatic heterocycles. The third-order valence-electron chi connectivity index (χ3n) is 3.66. The number of piperidine rings is 1. The third kappa shape index (κ3) is 3.53. The van der Waals surface area contributed by atoms with Crippen LogP contribution in [0.25, 0.3) is 0 Å². The van der Waals surface area contributed by atoms with Crippen molar-refractivity contribution in [1.29, 1.82) is 0 Å². The molecule has 0 bridgehead atoms. The van der Waals surface area contributed by atoms with Gasteiger partial charge in [-0.15, -0.1) is 10.2 Å². The molecule has 3 rings (SSSR count). The molecule has 1 aliphatic heterocycles. The van der Waals surface area contributed by atoms with E-state index in [0.29, 0.717) is 10.2 Å².